The summed E-state index contributed by atoms with van der Waals surface area (Å²) < 4.78 is 10.7. The number of nitrogen functional groups attached to an aromatic ring is 1. The van der Waals surface area contributed by atoms with Crippen molar-refractivity contribution in [3.63, 3.8) is 0 Å². The van der Waals surface area contributed by atoms with Crippen LogP contribution in [0, 0.1) is 0 Å². The molecule has 1 aromatic rings. The van der Waals surface area contributed by atoms with E-state index in [9.17, 15) is 5.11 Å². The van der Waals surface area contributed by atoms with Crippen molar-refractivity contribution in [2.24, 2.45) is 0 Å². The molecule has 3 N–H and O–H groups in total. The first kappa shape index (κ1) is 17.8. The van der Waals surface area contributed by atoms with Crippen molar-refractivity contribution in [1.29, 1.82) is 0 Å². The van der Waals surface area contributed by atoms with Crippen LogP contribution in [0.5, 0.6) is 5.75 Å². The highest BCUT2D eigenvalue weighted by Gasteiger charge is 2.17. The standard InChI is InChI=1S/C16H28N2O3/c1-4-13(2)18(9-10-20-3)11-14(19)12-21-16-8-6-5-7-15(16)17/h5-8,13-14,19H,4,9-12,17H2,1-3H3. The fourth-order valence-electron chi connectivity index (χ4n) is 2.08. The van der Waals surface area contributed by atoms with Crippen LogP contribution in [0.3, 0.4) is 0 Å². The van der Waals surface area contributed by atoms with Crippen LogP contribution in [-0.4, -0.2) is 55.6 Å². The summed E-state index contributed by atoms with van der Waals surface area (Å²) in [5.41, 5.74) is 6.40. The summed E-state index contributed by atoms with van der Waals surface area (Å²) in [7, 11) is 1.69. The predicted octanol–water partition coefficient (Wildman–Crippen LogP) is 1.76. The zero-order valence-electron chi connectivity index (χ0n) is 13.3. The van der Waals surface area contributed by atoms with E-state index in [-0.39, 0.29) is 6.61 Å². The third-order valence-electron chi connectivity index (χ3n) is 3.59. The molecule has 0 saturated heterocycles. The molecule has 0 aromatic heterocycles. The number of rotatable bonds is 10. The van der Waals surface area contributed by atoms with E-state index in [4.69, 9.17) is 15.2 Å². The number of nitrogens with two attached hydrogens (primary N) is 1. The molecule has 5 heteroatoms. The van der Waals surface area contributed by atoms with Crippen molar-refractivity contribution in [2.75, 3.05) is 39.1 Å². The second-order valence-electron chi connectivity index (χ2n) is 5.25. The van der Waals surface area contributed by atoms with Gasteiger partial charge in [0.05, 0.1) is 12.3 Å². The number of para-hydroxylation sites is 2. The molecule has 2 unspecified atom stereocenters. The first-order valence-corrected chi connectivity index (χ1v) is 7.46. The Morgan fingerprint density at radius 1 is 1.33 bits per heavy atom. The van der Waals surface area contributed by atoms with Gasteiger partial charge in [0, 0.05) is 26.2 Å². The van der Waals surface area contributed by atoms with E-state index in [1.807, 2.05) is 12.1 Å². The molecular weight excluding hydrogens is 268 g/mol. The van der Waals surface area contributed by atoms with Crippen molar-refractivity contribution in [1.82, 2.24) is 4.90 Å². The molecule has 0 aliphatic carbocycles. The van der Waals surface area contributed by atoms with Crippen molar-refractivity contribution < 1.29 is 14.6 Å². The van der Waals surface area contributed by atoms with E-state index >= 15 is 0 Å². The van der Waals surface area contributed by atoms with Gasteiger partial charge in [0.15, 0.2) is 0 Å². The Hall–Kier alpha value is -1.30. The molecule has 0 aliphatic heterocycles. The summed E-state index contributed by atoms with van der Waals surface area (Å²) in [5, 5.41) is 10.2. The van der Waals surface area contributed by atoms with Gasteiger partial charge in [0.1, 0.15) is 18.5 Å². The quantitative estimate of drug-likeness (QED) is 0.644. The fraction of sp³-hybridized carbons (Fsp3) is 0.625. The number of nitrogens with zero attached hydrogens (tertiary/aromatic N) is 1. The molecule has 2 atom stereocenters. The first-order valence-electron chi connectivity index (χ1n) is 7.46. The molecule has 120 valence electrons. The largest absolute Gasteiger partial charge is 0.489 e. The number of ether oxygens (including phenoxy) is 2. The molecule has 0 amide bonds. The first-order chi connectivity index (χ1) is 10.1. The van der Waals surface area contributed by atoms with E-state index < -0.39 is 6.10 Å². The lowest BCUT2D eigenvalue weighted by Gasteiger charge is -2.30. The lowest BCUT2D eigenvalue weighted by atomic mass is 10.2. The highest BCUT2D eigenvalue weighted by atomic mass is 16.5. The Morgan fingerprint density at radius 3 is 2.67 bits per heavy atom. The second kappa shape index (κ2) is 9.60. The van der Waals surface area contributed by atoms with Crippen molar-refractivity contribution in [3.8, 4) is 5.75 Å². The van der Waals surface area contributed by atoms with Gasteiger partial charge >= 0.3 is 0 Å². The van der Waals surface area contributed by atoms with Crippen LogP contribution in [0.15, 0.2) is 24.3 Å². The summed E-state index contributed by atoms with van der Waals surface area (Å²) in [4.78, 5) is 2.21. The molecule has 0 saturated carbocycles. The van der Waals surface area contributed by atoms with Crippen molar-refractivity contribution >= 4 is 5.69 Å². The molecule has 5 nitrogen and oxygen atoms in total. The highest BCUT2D eigenvalue weighted by Crippen LogP contribution is 2.19. The number of benzene rings is 1. The molecule has 0 bridgehead atoms. The summed E-state index contributed by atoms with van der Waals surface area (Å²) >= 11 is 0. The van der Waals surface area contributed by atoms with Crippen LogP contribution in [0.25, 0.3) is 0 Å². The smallest absolute Gasteiger partial charge is 0.142 e. The van der Waals surface area contributed by atoms with E-state index in [1.54, 1.807) is 19.2 Å². The van der Waals surface area contributed by atoms with E-state index in [1.165, 1.54) is 0 Å². The predicted molar refractivity (Wildman–Crippen MR) is 85.6 cm³/mol. The third-order valence-corrected chi connectivity index (χ3v) is 3.59. The van der Waals surface area contributed by atoms with Crippen LogP contribution in [0.2, 0.25) is 0 Å². The summed E-state index contributed by atoms with van der Waals surface area (Å²) in [6.07, 6.45) is 0.471. The Balaban J connectivity index is 2.46. The highest BCUT2D eigenvalue weighted by molar-refractivity contribution is 5.51. The molecule has 0 heterocycles. The number of hydrogen-bond acceptors (Lipinski definition) is 5. The Morgan fingerprint density at radius 2 is 2.05 bits per heavy atom. The summed E-state index contributed by atoms with van der Waals surface area (Å²) in [6, 6.07) is 7.71. The molecule has 1 rings (SSSR count). The number of anilines is 1. The number of hydrogen-bond donors (Lipinski definition) is 2. The van der Waals surface area contributed by atoms with Gasteiger partial charge in [-0.15, -0.1) is 0 Å². The maximum atomic E-state index is 10.2. The number of aliphatic hydroxyl groups excluding tert-OH is 1. The Bertz CT molecular complexity index is 401. The van der Waals surface area contributed by atoms with Crippen molar-refractivity contribution in [3.05, 3.63) is 24.3 Å². The fourth-order valence-corrected chi connectivity index (χ4v) is 2.08. The lowest BCUT2D eigenvalue weighted by molar-refractivity contribution is 0.0417. The van der Waals surface area contributed by atoms with Gasteiger partial charge < -0.3 is 20.3 Å². The monoisotopic (exact) mass is 296 g/mol. The van der Waals surface area contributed by atoms with Gasteiger partial charge in [-0.2, -0.15) is 0 Å². The van der Waals surface area contributed by atoms with Gasteiger partial charge in [0.2, 0.25) is 0 Å². The molecule has 0 radical (unpaired) electrons. The zero-order chi connectivity index (χ0) is 15.7. The molecule has 0 fully saturated rings. The zero-order valence-corrected chi connectivity index (χ0v) is 13.3. The molecular formula is C16H28N2O3. The number of methoxy groups -OCH3 is 1. The maximum Gasteiger partial charge on any atom is 0.142 e. The lowest BCUT2D eigenvalue weighted by Crippen LogP contribution is -2.42. The normalized spacial score (nSPS) is 14.1. The Kier molecular flexibility index (Phi) is 8.12. The van der Waals surface area contributed by atoms with Gasteiger partial charge in [-0.3, -0.25) is 4.90 Å². The Labute approximate surface area is 127 Å². The SMILES string of the molecule is CCC(C)N(CCOC)CC(O)COc1ccccc1N. The van der Waals surface area contributed by atoms with Gasteiger partial charge in [-0.25, -0.2) is 0 Å². The van der Waals surface area contributed by atoms with Crippen LogP contribution in [0.1, 0.15) is 20.3 Å². The van der Waals surface area contributed by atoms with Crippen LogP contribution >= 0.6 is 0 Å². The van der Waals surface area contributed by atoms with Crippen LogP contribution in [0.4, 0.5) is 5.69 Å². The van der Waals surface area contributed by atoms with Gasteiger partial charge in [-0.1, -0.05) is 19.1 Å². The molecule has 0 aliphatic rings. The van der Waals surface area contributed by atoms with E-state index in [0.717, 1.165) is 13.0 Å². The third kappa shape index (κ3) is 6.33. The minimum Gasteiger partial charge on any atom is -0.489 e. The average Bonchev–Trinajstić information content (AvgIpc) is 2.49. The van der Waals surface area contributed by atoms with Gasteiger partial charge in [-0.05, 0) is 25.5 Å². The molecule has 0 spiro atoms. The second-order valence-corrected chi connectivity index (χ2v) is 5.25. The van der Waals surface area contributed by atoms with E-state index in [0.29, 0.717) is 30.6 Å². The minimum absolute atomic E-state index is 0.230. The summed E-state index contributed by atoms with van der Waals surface area (Å²) in [5.74, 6) is 0.614. The summed E-state index contributed by atoms with van der Waals surface area (Å²) in [6.45, 7) is 6.54. The topological polar surface area (TPSA) is 68.0 Å². The van der Waals surface area contributed by atoms with Crippen LogP contribution < -0.4 is 10.5 Å². The minimum atomic E-state index is -0.560. The van der Waals surface area contributed by atoms with Gasteiger partial charge in [0.25, 0.3) is 0 Å². The average molecular weight is 296 g/mol. The van der Waals surface area contributed by atoms with Crippen LogP contribution in [-0.2, 0) is 4.74 Å². The maximum absolute atomic E-state index is 10.2. The molecule has 21 heavy (non-hydrogen) atoms. The van der Waals surface area contributed by atoms with E-state index in [2.05, 4.69) is 18.7 Å². The molecule has 1 aromatic carbocycles. The number of aliphatic hydroxyl groups is 1. The van der Waals surface area contributed by atoms with Crippen molar-refractivity contribution in [2.45, 2.75) is 32.4 Å².